The molecule has 0 bridgehead atoms. The number of hydrogen-bond acceptors (Lipinski definition) is 5. The first-order chi connectivity index (χ1) is 17.3. The maximum Gasteiger partial charge on any atom is 0.310 e. The van der Waals surface area contributed by atoms with Gasteiger partial charge in [-0.1, -0.05) is 31.0 Å². The van der Waals surface area contributed by atoms with Crippen molar-refractivity contribution in [3.8, 4) is 0 Å². The lowest BCUT2D eigenvalue weighted by Gasteiger charge is -2.32. The van der Waals surface area contributed by atoms with Crippen LogP contribution >= 0.6 is 0 Å². The summed E-state index contributed by atoms with van der Waals surface area (Å²) in [5.74, 6) is -3.43. The average Bonchev–Trinajstić information content (AvgIpc) is 3.32. The topological polar surface area (TPSA) is 110 Å². The van der Waals surface area contributed by atoms with Crippen molar-refractivity contribution in [2.45, 2.75) is 38.5 Å². The van der Waals surface area contributed by atoms with Gasteiger partial charge in [0, 0.05) is 30.9 Å². The molecule has 0 radical (unpaired) electrons. The zero-order valence-corrected chi connectivity index (χ0v) is 20.0. The van der Waals surface area contributed by atoms with Gasteiger partial charge in [0.25, 0.3) is 5.91 Å². The summed E-state index contributed by atoms with van der Waals surface area (Å²) in [6.45, 7) is -0.00336. The zero-order valence-electron chi connectivity index (χ0n) is 20.0. The number of para-hydroxylation sites is 1. The first-order valence-corrected chi connectivity index (χ1v) is 12.3. The SMILES string of the molecule is NC(=O)CCN(C(=O)COC(=O)C1CCCCC1C(=O)N1CCc2ccccc21)c1ccc(F)cc1. The van der Waals surface area contributed by atoms with Gasteiger partial charge < -0.3 is 20.3 Å². The molecule has 1 saturated carbocycles. The third-order valence-electron chi connectivity index (χ3n) is 6.90. The lowest BCUT2D eigenvalue weighted by molar-refractivity contribution is -0.156. The number of ether oxygens (including phenoxy) is 1. The second-order valence-electron chi connectivity index (χ2n) is 9.21. The van der Waals surface area contributed by atoms with E-state index < -0.39 is 42.0 Å². The summed E-state index contributed by atoms with van der Waals surface area (Å²) >= 11 is 0. The minimum atomic E-state index is -0.628. The summed E-state index contributed by atoms with van der Waals surface area (Å²) in [6, 6.07) is 13.0. The fourth-order valence-corrected chi connectivity index (χ4v) is 5.03. The Hall–Kier alpha value is -3.75. The highest BCUT2D eigenvalue weighted by Crippen LogP contribution is 2.36. The van der Waals surface area contributed by atoms with Gasteiger partial charge in [-0.2, -0.15) is 0 Å². The molecule has 2 aromatic carbocycles. The standard InChI is InChI=1S/C27H30FN3O5/c28-19-9-11-20(12-10-19)30(16-14-24(29)32)25(33)17-36-27(35)22-7-3-2-6-21(22)26(34)31-15-13-18-5-1-4-8-23(18)31/h1,4-5,8-12,21-22H,2-3,6-7,13-17H2,(H2,29,32). The predicted octanol–water partition coefficient (Wildman–Crippen LogP) is 2.97. The third kappa shape index (κ3) is 5.72. The number of rotatable bonds is 8. The Kier molecular flexibility index (Phi) is 7.97. The van der Waals surface area contributed by atoms with Crippen molar-refractivity contribution < 1.29 is 28.3 Å². The lowest BCUT2D eigenvalue weighted by atomic mass is 9.78. The number of esters is 1. The molecule has 1 aliphatic heterocycles. The van der Waals surface area contributed by atoms with Gasteiger partial charge >= 0.3 is 5.97 Å². The number of nitrogens with two attached hydrogens (primary N) is 1. The Morgan fingerprint density at radius 3 is 2.42 bits per heavy atom. The van der Waals surface area contributed by atoms with E-state index in [1.807, 2.05) is 24.3 Å². The van der Waals surface area contributed by atoms with Crippen LogP contribution in [0.4, 0.5) is 15.8 Å². The van der Waals surface area contributed by atoms with Crippen LogP contribution in [-0.2, 0) is 30.3 Å². The molecule has 36 heavy (non-hydrogen) atoms. The van der Waals surface area contributed by atoms with E-state index in [-0.39, 0.29) is 18.9 Å². The van der Waals surface area contributed by atoms with Gasteiger partial charge in [-0.15, -0.1) is 0 Å². The fraction of sp³-hybridized carbons (Fsp3) is 0.407. The van der Waals surface area contributed by atoms with E-state index in [2.05, 4.69) is 0 Å². The Morgan fingerprint density at radius 1 is 1.00 bits per heavy atom. The van der Waals surface area contributed by atoms with Crippen molar-refractivity contribution in [3.63, 3.8) is 0 Å². The minimum Gasteiger partial charge on any atom is -0.455 e. The summed E-state index contributed by atoms with van der Waals surface area (Å²) in [6.07, 6.45) is 3.43. The molecule has 8 nitrogen and oxygen atoms in total. The largest absolute Gasteiger partial charge is 0.455 e. The highest BCUT2D eigenvalue weighted by atomic mass is 19.1. The normalized spacial score (nSPS) is 18.9. The van der Waals surface area contributed by atoms with Gasteiger partial charge in [0.1, 0.15) is 5.82 Å². The van der Waals surface area contributed by atoms with Crippen molar-refractivity contribution in [1.29, 1.82) is 0 Å². The second kappa shape index (κ2) is 11.3. The molecule has 2 aliphatic rings. The number of benzene rings is 2. The Labute approximate surface area is 209 Å². The highest BCUT2D eigenvalue weighted by molar-refractivity contribution is 6.00. The smallest absolute Gasteiger partial charge is 0.310 e. The molecule has 2 aromatic rings. The number of carbonyl (C=O) groups excluding carboxylic acids is 4. The molecule has 4 rings (SSSR count). The third-order valence-corrected chi connectivity index (χ3v) is 6.90. The van der Waals surface area contributed by atoms with Gasteiger partial charge in [-0.05, 0) is 55.2 Å². The van der Waals surface area contributed by atoms with Crippen LogP contribution < -0.4 is 15.5 Å². The van der Waals surface area contributed by atoms with Crippen LogP contribution in [-0.4, -0.2) is 43.4 Å². The van der Waals surface area contributed by atoms with Crippen molar-refractivity contribution in [3.05, 3.63) is 59.9 Å². The molecule has 1 aliphatic carbocycles. The van der Waals surface area contributed by atoms with Crippen molar-refractivity contribution in [2.24, 2.45) is 17.6 Å². The zero-order chi connectivity index (χ0) is 25.7. The van der Waals surface area contributed by atoms with E-state index in [9.17, 15) is 23.6 Å². The number of anilines is 2. The number of carbonyl (C=O) groups is 4. The van der Waals surface area contributed by atoms with Crippen LogP contribution in [0.25, 0.3) is 0 Å². The van der Waals surface area contributed by atoms with Crippen LogP contribution in [0.5, 0.6) is 0 Å². The lowest BCUT2D eigenvalue weighted by Crippen LogP contribution is -2.43. The Bertz CT molecular complexity index is 1140. The van der Waals surface area contributed by atoms with Gasteiger partial charge in [0.05, 0.1) is 11.8 Å². The molecule has 0 spiro atoms. The molecule has 190 valence electrons. The van der Waals surface area contributed by atoms with Crippen LogP contribution in [0.2, 0.25) is 0 Å². The second-order valence-corrected chi connectivity index (χ2v) is 9.21. The van der Waals surface area contributed by atoms with Gasteiger partial charge in [0.2, 0.25) is 11.8 Å². The quantitative estimate of drug-likeness (QED) is 0.566. The van der Waals surface area contributed by atoms with E-state index >= 15 is 0 Å². The van der Waals surface area contributed by atoms with Crippen LogP contribution in [0.15, 0.2) is 48.5 Å². The fourth-order valence-electron chi connectivity index (χ4n) is 5.03. The first-order valence-electron chi connectivity index (χ1n) is 12.3. The highest BCUT2D eigenvalue weighted by Gasteiger charge is 2.40. The Balaban J connectivity index is 1.42. The van der Waals surface area contributed by atoms with Crippen LogP contribution in [0.3, 0.4) is 0 Å². The molecular formula is C27H30FN3O5. The number of primary amides is 1. The number of hydrogen-bond donors (Lipinski definition) is 1. The molecule has 9 heteroatoms. The predicted molar refractivity (Wildman–Crippen MR) is 131 cm³/mol. The molecule has 1 heterocycles. The molecule has 2 unspecified atom stereocenters. The van der Waals surface area contributed by atoms with Crippen molar-refractivity contribution >= 4 is 35.1 Å². The van der Waals surface area contributed by atoms with Crippen LogP contribution in [0.1, 0.15) is 37.7 Å². The Morgan fingerprint density at radius 2 is 1.69 bits per heavy atom. The van der Waals surface area contributed by atoms with Gasteiger partial charge in [-0.25, -0.2) is 4.39 Å². The molecule has 0 aromatic heterocycles. The molecular weight excluding hydrogens is 465 g/mol. The van der Waals surface area contributed by atoms with E-state index in [1.54, 1.807) is 4.90 Å². The summed E-state index contributed by atoms with van der Waals surface area (Å²) < 4.78 is 18.7. The summed E-state index contributed by atoms with van der Waals surface area (Å²) in [4.78, 5) is 53.7. The monoisotopic (exact) mass is 495 g/mol. The minimum absolute atomic E-state index is 0.0315. The summed E-state index contributed by atoms with van der Waals surface area (Å²) in [5, 5.41) is 0. The number of nitrogens with zero attached hydrogens (tertiary/aromatic N) is 2. The molecule has 2 atom stereocenters. The molecule has 0 saturated heterocycles. The maximum atomic E-state index is 13.5. The molecule has 1 fully saturated rings. The maximum absolute atomic E-state index is 13.5. The van der Waals surface area contributed by atoms with Gasteiger partial charge in [-0.3, -0.25) is 19.2 Å². The summed E-state index contributed by atoms with van der Waals surface area (Å²) in [7, 11) is 0. The number of halogens is 1. The summed E-state index contributed by atoms with van der Waals surface area (Å²) in [5.41, 5.74) is 7.59. The molecule has 3 amide bonds. The van der Waals surface area contributed by atoms with Crippen molar-refractivity contribution in [1.82, 2.24) is 0 Å². The van der Waals surface area contributed by atoms with E-state index in [0.717, 1.165) is 30.5 Å². The van der Waals surface area contributed by atoms with Crippen molar-refractivity contribution in [2.75, 3.05) is 29.5 Å². The number of fused-ring (bicyclic) bond motifs is 1. The average molecular weight is 496 g/mol. The van der Waals surface area contributed by atoms with E-state index in [4.69, 9.17) is 10.5 Å². The van der Waals surface area contributed by atoms with E-state index in [1.165, 1.54) is 29.2 Å². The molecule has 2 N–H and O–H groups in total. The van der Waals surface area contributed by atoms with Gasteiger partial charge in [0.15, 0.2) is 6.61 Å². The van der Waals surface area contributed by atoms with Crippen LogP contribution in [0, 0.1) is 17.7 Å². The number of amides is 3. The first kappa shape index (κ1) is 25.3. The van der Waals surface area contributed by atoms with E-state index in [0.29, 0.717) is 25.1 Å².